The highest BCUT2D eigenvalue weighted by Crippen LogP contribution is 2.24. The van der Waals surface area contributed by atoms with Crippen LogP contribution in [0.15, 0.2) is 0 Å². The van der Waals surface area contributed by atoms with Gasteiger partial charge in [0.1, 0.15) is 32.9 Å². The molecule has 0 aliphatic carbocycles. The van der Waals surface area contributed by atoms with Crippen molar-refractivity contribution in [2.24, 2.45) is 0 Å². The maximum absolute atomic E-state index is 10.7. The second-order valence-corrected chi connectivity index (χ2v) is 24.8. The predicted molar refractivity (Wildman–Crippen MR) is 258 cm³/mol. The summed E-state index contributed by atoms with van der Waals surface area (Å²) in [5.41, 5.74) is -0.259. The van der Waals surface area contributed by atoms with Crippen LogP contribution in [0.2, 0.25) is 0 Å². The van der Waals surface area contributed by atoms with E-state index in [1.165, 1.54) is 141 Å². The lowest BCUT2D eigenvalue weighted by Crippen LogP contribution is -2.41. The van der Waals surface area contributed by atoms with E-state index in [0.717, 1.165) is 102 Å². The second kappa shape index (κ2) is 41.8. The second-order valence-electron chi connectivity index (χ2n) is 17.7. The fourth-order valence-corrected chi connectivity index (χ4v) is 14.1. The van der Waals surface area contributed by atoms with Gasteiger partial charge < -0.3 is 38.3 Å². The van der Waals surface area contributed by atoms with Crippen molar-refractivity contribution in [2.45, 2.75) is 230 Å². The summed E-state index contributed by atoms with van der Waals surface area (Å²) in [6.45, 7) is 11.3. The summed E-state index contributed by atoms with van der Waals surface area (Å²) >= 11 is 0. The third kappa shape index (κ3) is 34.3. The SMILES string of the molecule is CCCCCCCCCCCCCOCOC1CCC(O)[SiH2]N(CCCSSCCCN2CCC(OCOCCCCCCCCCCCCC)CCC(O)[SiH2]2)CC1. The highest BCUT2D eigenvalue weighted by molar-refractivity contribution is 8.76. The summed E-state index contributed by atoms with van der Waals surface area (Å²) in [5.74, 6) is 2.33. The Morgan fingerprint density at radius 3 is 1.16 bits per heavy atom. The fraction of sp³-hybridized carbons (Fsp3) is 1.00. The topological polar surface area (TPSA) is 83.9 Å². The highest BCUT2D eigenvalue weighted by atomic mass is 33.1. The molecule has 2 saturated heterocycles. The Morgan fingerprint density at radius 2 is 0.793 bits per heavy atom. The van der Waals surface area contributed by atoms with Gasteiger partial charge >= 0.3 is 0 Å². The van der Waals surface area contributed by atoms with Crippen LogP contribution in [0.4, 0.5) is 0 Å². The third-order valence-electron chi connectivity index (χ3n) is 12.2. The van der Waals surface area contributed by atoms with Gasteiger partial charge in [-0.2, -0.15) is 0 Å². The Balaban J connectivity index is 1.41. The Labute approximate surface area is 372 Å². The van der Waals surface area contributed by atoms with Crippen LogP contribution in [0.3, 0.4) is 0 Å². The number of rotatable bonds is 39. The van der Waals surface area contributed by atoms with Crippen molar-refractivity contribution in [3.63, 3.8) is 0 Å². The molecule has 0 aromatic carbocycles. The van der Waals surface area contributed by atoms with E-state index in [9.17, 15) is 10.2 Å². The first-order valence-electron chi connectivity index (χ1n) is 25.0. The van der Waals surface area contributed by atoms with Crippen molar-refractivity contribution in [3.8, 4) is 0 Å². The van der Waals surface area contributed by atoms with Crippen LogP contribution >= 0.6 is 21.6 Å². The van der Waals surface area contributed by atoms with Crippen LogP contribution in [0, 0.1) is 0 Å². The minimum Gasteiger partial charge on any atom is -0.396 e. The Bertz CT molecular complexity index is 796. The average Bonchev–Trinajstić information content (AvgIpc) is 3.21. The molecule has 0 aromatic rings. The summed E-state index contributed by atoms with van der Waals surface area (Å²) < 4.78 is 29.1. The lowest BCUT2D eigenvalue weighted by atomic mass is 10.1. The van der Waals surface area contributed by atoms with Crippen LogP contribution in [-0.4, -0.2) is 127 Å². The molecule has 4 unspecified atom stereocenters. The van der Waals surface area contributed by atoms with Gasteiger partial charge in [0.25, 0.3) is 0 Å². The fourth-order valence-electron chi connectivity index (χ4n) is 8.35. The van der Waals surface area contributed by atoms with Gasteiger partial charge in [0.05, 0.1) is 23.7 Å². The molecule has 0 radical (unpaired) electrons. The quantitative estimate of drug-likeness (QED) is 0.0269. The van der Waals surface area contributed by atoms with Gasteiger partial charge in [-0.3, -0.25) is 0 Å². The molecule has 12 heteroatoms. The van der Waals surface area contributed by atoms with Crippen LogP contribution in [0.1, 0.15) is 206 Å². The molecule has 0 saturated carbocycles. The Morgan fingerprint density at radius 1 is 0.448 bits per heavy atom. The van der Waals surface area contributed by atoms with Crippen molar-refractivity contribution in [1.82, 2.24) is 9.13 Å². The number of unbranched alkanes of at least 4 members (excludes halogenated alkanes) is 20. The number of ether oxygens (including phenoxy) is 4. The first kappa shape index (κ1) is 54.9. The van der Waals surface area contributed by atoms with Gasteiger partial charge in [-0.25, -0.2) is 0 Å². The van der Waals surface area contributed by atoms with Crippen LogP contribution in [0.25, 0.3) is 0 Å². The molecule has 2 fully saturated rings. The minimum atomic E-state index is -0.620. The molecule has 2 N–H and O–H groups in total. The van der Waals surface area contributed by atoms with Gasteiger partial charge in [0.2, 0.25) is 0 Å². The number of hydrogen-bond donors (Lipinski definition) is 2. The van der Waals surface area contributed by atoms with Gasteiger partial charge in [-0.15, -0.1) is 0 Å². The zero-order valence-electron chi connectivity index (χ0n) is 38.2. The van der Waals surface area contributed by atoms with Gasteiger partial charge in [-0.1, -0.05) is 164 Å². The molecule has 2 rings (SSSR count). The molecule has 2 heterocycles. The molecule has 0 bridgehead atoms. The molecule has 58 heavy (non-hydrogen) atoms. The number of nitrogens with zero attached hydrogens (tertiary/aromatic N) is 2. The smallest absolute Gasteiger partial charge is 0.147 e. The molecular formula is C46H96N2O6S2Si2. The van der Waals surface area contributed by atoms with Gasteiger partial charge in [0.15, 0.2) is 0 Å². The molecular weight excluding hydrogens is 797 g/mol. The van der Waals surface area contributed by atoms with Crippen molar-refractivity contribution < 1.29 is 29.2 Å². The number of aliphatic hydroxyl groups is 2. The first-order chi connectivity index (χ1) is 28.6. The van der Waals surface area contributed by atoms with Crippen molar-refractivity contribution in [2.75, 3.05) is 64.5 Å². The van der Waals surface area contributed by atoms with E-state index in [1.54, 1.807) is 0 Å². The summed E-state index contributed by atoms with van der Waals surface area (Å²) in [5, 5.41) is 21.4. The standard InChI is InChI=1S/C46H96N2O6S2Si2/c1-3-5-7-9-11-13-15-17-19-21-23-37-51-41-53-43-27-29-45(49)57-47(35-31-43)33-25-39-55-56-40-26-34-48-36-32-44(28-30-46(50)58-48)54-42-52-38-24-22-20-18-16-14-12-10-8-6-4-2/h43-46,49-50H,3-42,57-58H2,1-2H3. The molecule has 346 valence electrons. The van der Waals surface area contributed by atoms with Gasteiger partial charge in [0, 0.05) is 24.7 Å². The van der Waals surface area contributed by atoms with E-state index in [1.807, 2.05) is 21.6 Å². The van der Waals surface area contributed by atoms with Gasteiger partial charge in [-0.05, 0) is 90.4 Å². The molecule has 0 aromatic heterocycles. The summed E-state index contributed by atoms with van der Waals surface area (Å²) in [4.78, 5) is 0. The van der Waals surface area contributed by atoms with E-state index in [4.69, 9.17) is 18.9 Å². The zero-order valence-corrected chi connectivity index (χ0v) is 42.7. The summed E-state index contributed by atoms with van der Waals surface area (Å²) in [6, 6.07) is 0. The number of aliphatic hydroxyl groups excluding tert-OH is 2. The lowest BCUT2D eigenvalue weighted by molar-refractivity contribution is -0.0975. The zero-order chi connectivity index (χ0) is 41.4. The lowest BCUT2D eigenvalue weighted by Gasteiger charge is -2.30. The van der Waals surface area contributed by atoms with Crippen LogP contribution in [-0.2, 0) is 18.9 Å². The van der Waals surface area contributed by atoms with Crippen molar-refractivity contribution >= 4 is 41.0 Å². The first-order valence-corrected chi connectivity index (χ1v) is 30.4. The van der Waals surface area contributed by atoms with E-state index >= 15 is 0 Å². The molecule has 2 aliphatic heterocycles. The molecule has 2 aliphatic rings. The Hall–Kier alpha value is 0.814. The maximum atomic E-state index is 10.7. The van der Waals surface area contributed by atoms with E-state index in [2.05, 4.69) is 23.0 Å². The maximum Gasteiger partial charge on any atom is 0.147 e. The largest absolute Gasteiger partial charge is 0.396 e. The van der Waals surface area contributed by atoms with Crippen LogP contribution in [0.5, 0.6) is 0 Å². The van der Waals surface area contributed by atoms with Crippen LogP contribution < -0.4 is 0 Å². The van der Waals surface area contributed by atoms with E-state index in [0.29, 0.717) is 13.6 Å². The van der Waals surface area contributed by atoms with E-state index in [-0.39, 0.29) is 23.7 Å². The molecule has 0 spiro atoms. The van der Waals surface area contributed by atoms with E-state index < -0.39 is 19.4 Å². The normalized spacial score (nSPS) is 22.3. The average molecular weight is 894 g/mol. The third-order valence-corrected chi connectivity index (χ3v) is 18.7. The minimum absolute atomic E-state index is 0.129. The molecule has 0 amide bonds. The van der Waals surface area contributed by atoms with Crippen molar-refractivity contribution in [1.29, 1.82) is 0 Å². The summed E-state index contributed by atoms with van der Waals surface area (Å²) in [7, 11) is 2.78. The molecule has 8 nitrogen and oxygen atoms in total. The summed E-state index contributed by atoms with van der Waals surface area (Å²) in [6.07, 6.45) is 38.3. The Kier molecular flexibility index (Phi) is 39.6. The van der Waals surface area contributed by atoms with Crippen molar-refractivity contribution in [3.05, 3.63) is 0 Å². The number of hydrogen-bond acceptors (Lipinski definition) is 10. The predicted octanol–water partition coefficient (Wildman–Crippen LogP) is 10.3. The molecule has 4 atom stereocenters. The highest BCUT2D eigenvalue weighted by Gasteiger charge is 2.22. The monoisotopic (exact) mass is 893 g/mol.